The molecule has 0 fully saturated rings. The van der Waals surface area contributed by atoms with Crippen molar-refractivity contribution in [3.8, 4) is 0 Å². The molecule has 2 aromatic rings. The van der Waals surface area contributed by atoms with Crippen LogP contribution in [0.1, 0.15) is 39.2 Å². The van der Waals surface area contributed by atoms with Crippen LogP contribution in [0.15, 0.2) is 30.3 Å². The van der Waals surface area contributed by atoms with Crippen molar-refractivity contribution in [2.24, 2.45) is 5.92 Å². The number of ketones is 1. The predicted molar refractivity (Wildman–Crippen MR) is 140 cm³/mol. The maximum absolute atomic E-state index is 12.9. The fourth-order valence-corrected chi connectivity index (χ4v) is 3.50. The zero-order chi connectivity index (χ0) is 29.1. The summed E-state index contributed by atoms with van der Waals surface area (Å²) in [5.74, 6) is -3.63. The van der Waals surface area contributed by atoms with Gasteiger partial charge in [0.25, 0.3) is 5.95 Å². The highest BCUT2D eigenvalue weighted by molar-refractivity contribution is 5.95. The zero-order valence-electron chi connectivity index (χ0n) is 22.7. The van der Waals surface area contributed by atoms with Crippen molar-refractivity contribution in [1.29, 1.82) is 0 Å². The Labute approximate surface area is 226 Å². The molecule has 3 atom stereocenters. The summed E-state index contributed by atoms with van der Waals surface area (Å²) in [7, 11) is 3.37. The zero-order valence-corrected chi connectivity index (χ0v) is 22.7. The largest absolute Gasteiger partial charge is 0.481 e. The van der Waals surface area contributed by atoms with E-state index in [1.165, 1.54) is 6.92 Å². The molecule has 0 aliphatic carbocycles. The first-order chi connectivity index (χ1) is 18.4. The number of carbonyl (C=O) groups is 5. The van der Waals surface area contributed by atoms with Gasteiger partial charge in [-0.25, -0.2) is 0 Å². The number of aromatic nitrogens is 4. The Hall–Kier alpha value is -4.36. The second-order valence-electron chi connectivity index (χ2n) is 9.64. The van der Waals surface area contributed by atoms with Crippen molar-refractivity contribution in [2.75, 3.05) is 19.0 Å². The summed E-state index contributed by atoms with van der Waals surface area (Å²) in [5.41, 5.74) is 0.992. The minimum atomic E-state index is -1.39. The van der Waals surface area contributed by atoms with Gasteiger partial charge in [-0.2, -0.15) is 4.80 Å². The minimum Gasteiger partial charge on any atom is -0.481 e. The lowest BCUT2D eigenvalue weighted by Crippen LogP contribution is -2.56. The van der Waals surface area contributed by atoms with Crippen LogP contribution in [0.25, 0.3) is 0 Å². The molecule has 0 radical (unpaired) electrons. The molecule has 1 heterocycles. The molecule has 14 heteroatoms. The molecule has 14 nitrogen and oxygen atoms in total. The van der Waals surface area contributed by atoms with Crippen molar-refractivity contribution in [1.82, 2.24) is 36.2 Å². The van der Waals surface area contributed by atoms with Crippen LogP contribution in [0.4, 0.5) is 5.95 Å². The van der Waals surface area contributed by atoms with Crippen molar-refractivity contribution < 1.29 is 29.1 Å². The molecule has 0 aliphatic heterocycles. The van der Waals surface area contributed by atoms with E-state index in [1.807, 2.05) is 30.3 Å². The molecule has 4 N–H and O–H groups in total. The normalized spacial score (nSPS) is 13.2. The lowest BCUT2D eigenvalue weighted by Gasteiger charge is -2.25. The van der Waals surface area contributed by atoms with Gasteiger partial charge in [-0.05, 0) is 30.0 Å². The van der Waals surface area contributed by atoms with Crippen molar-refractivity contribution in [3.05, 3.63) is 35.9 Å². The third kappa shape index (κ3) is 10.1. The number of carboxylic acid groups (broad SMARTS) is 1. The SMILES string of the molecule is CC(C)[C@H](NC(=O)CCc1ccccc1)C(=O)N[C@@H](C)C(=O)NC(CC(=O)O)C(=O)Cn1nnc(N(C)C)n1. The average molecular weight is 545 g/mol. The van der Waals surface area contributed by atoms with Gasteiger partial charge >= 0.3 is 5.97 Å². The van der Waals surface area contributed by atoms with E-state index in [9.17, 15) is 29.1 Å². The first-order valence-electron chi connectivity index (χ1n) is 12.5. The first kappa shape index (κ1) is 30.9. The highest BCUT2D eigenvalue weighted by Crippen LogP contribution is 2.07. The minimum absolute atomic E-state index is 0.187. The smallest absolute Gasteiger partial charge is 0.305 e. The fourth-order valence-electron chi connectivity index (χ4n) is 3.50. The van der Waals surface area contributed by atoms with Crippen LogP contribution in [0.5, 0.6) is 0 Å². The lowest BCUT2D eigenvalue weighted by molar-refractivity contribution is -0.140. The van der Waals surface area contributed by atoms with E-state index in [0.717, 1.165) is 10.4 Å². The van der Waals surface area contributed by atoms with Gasteiger partial charge in [0.1, 0.15) is 24.7 Å². The summed E-state index contributed by atoms with van der Waals surface area (Å²) >= 11 is 0. The number of rotatable bonds is 15. The van der Waals surface area contributed by atoms with Crippen LogP contribution in [0.2, 0.25) is 0 Å². The van der Waals surface area contributed by atoms with E-state index in [-0.39, 0.29) is 24.2 Å². The molecule has 0 aliphatic rings. The van der Waals surface area contributed by atoms with E-state index < -0.39 is 54.7 Å². The number of benzene rings is 1. The van der Waals surface area contributed by atoms with Gasteiger partial charge in [0, 0.05) is 20.5 Å². The molecule has 1 aromatic heterocycles. The third-order valence-electron chi connectivity index (χ3n) is 5.72. The van der Waals surface area contributed by atoms with Gasteiger partial charge in [-0.15, -0.1) is 5.10 Å². The molecule has 1 unspecified atom stereocenters. The van der Waals surface area contributed by atoms with E-state index in [2.05, 4.69) is 31.4 Å². The van der Waals surface area contributed by atoms with E-state index >= 15 is 0 Å². The van der Waals surface area contributed by atoms with Crippen molar-refractivity contribution in [2.45, 2.75) is 64.7 Å². The molecular formula is C25H36N8O6. The molecule has 0 saturated carbocycles. The molecule has 2 rings (SSSR count). The number of nitrogens with zero attached hydrogens (tertiary/aromatic N) is 5. The summed E-state index contributed by atoms with van der Waals surface area (Å²) in [6.07, 6.45) is 0.0241. The first-order valence-corrected chi connectivity index (χ1v) is 12.5. The third-order valence-corrected chi connectivity index (χ3v) is 5.72. The Bertz CT molecular complexity index is 1150. The van der Waals surface area contributed by atoms with Crippen molar-refractivity contribution in [3.63, 3.8) is 0 Å². The number of nitrogens with one attached hydrogen (secondary N) is 3. The summed E-state index contributed by atoms with van der Waals surface area (Å²) in [4.78, 5) is 64.8. The lowest BCUT2D eigenvalue weighted by atomic mass is 10.0. The topological polar surface area (TPSA) is 189 Å². The standard InChI is InChI=1S/C25H36N8O6/c1-15(2)22(28-20(35)12-11-17-9-7-6-8-10-17)24(39)26-16(3)23(38)27-18(13-21(36)37)19(34)14-33-30-25(29-31-33)32(4)5/h6-10,15-16,18,22H,11-14H2,1-5H3,(H,26,39)(H,27,38)(H,28,35)(H,36,37)/t16-,18?,22-/m0/s1. The molecule has 39 heavy (non-hydrogen) atoms. The molecule has 1 aromatic carbocycles. The van der Waals surface area contributed by atoms with E-state index in [1.54, 1.807) is 32.8 Å². The Balaban J connectivity index is 1.96. The van der Waals surface area contributed by atoms with Crippen LogP contribution in [0.3, 0.4) is 0 Å². The number of Topliss-reactive ketones (excluding diaryl/α,β-unsaturated/α-hetero) is 1. The van der Waals surface area contributed by atoms with Gasteiger partial charge in [0.15, 0.2) is 5.78 Å². The van der Waals surface area contributed by atoms with Gasteiger partial charge in [0.05, 0.1) is 6.42 Å². The highest BCUT2D eigenvalue weighted by atomic mass is 16.4. The average Bonchev–Trinajstić information content (AvgIpc) is 3.34. The molecule has 0 bridgehead atoms. The van der Waals surface area contributed by atoms with E-state index in [0.29, 0.717) is 6.42 Å². The summed E-state index contributed by atoms with van der Waals surface area (Å²) in [6, 6.07) is 6.06. The molecule has 212 valence electrons. The monoisotopic (exact) mass is 544 g/mol. The number of tetrazole rings is 1. The summed E-state index contributed by atoms with van der Waals surface area (Å²) in [6.45, 7) is 4.50. The number of hydrogen-bond acceptors (Lipinski definition) is 9. The quantitative estimate of drug-likeness (QED) is 0.228. The van der Waals surface area contributed by atoms with Crippen LogP contribution >= 0.6 is 0 Å². The van der Waals surface area contributed by atoms with Crippen LogP contribution in [0, 0.1) is 5.92 Å². The number of carboxylic acids is 1. The molecular weight excluding hydrogens is 508 g/mol. The summed E-state index contributed by atoms with van der Waals surface area (Å²) < 4.78 is 0. The van der Waals surface area contributed by atoms with Crippen LogP contribution in [-0.4, -0.2) is 87.0 Å². The Morgan fingerprint density at radius 3 is 2.21 bits per heavy atom. The number of amides is 3. The molecule has 0 saturated heterocycles. The number of anilines is 1. The molecule has 0 spiro atoms. The van der Waals surface area contributed by atoms with Gasteiger partial charge in [-0.1, -0.05) is 49.3 Å². The number of aliphatic carboxylic acids is 1. The van der Waals surface area contributed by atoms with E-state index in [4.69, 9.17) is 0 Å². The second-order valence-corrected chi connectivity index (χ2v) is 9.64. The Kier molecular flexibility index (Phi) is 11.5. The second kappa shape index (κ2) is 14.5. The predicted octanol–water partition coefficient (Wildman–Crippen LogP) is -0.454. The highest BCUT2D eigenvalue weighted by Gasteiger charge is 2.30. The maximum Gasteiger partial charge on any atom is 0.305 e. The van der Waals surface area contributed by atoms with Gasteiger partial charge < -0.3 is 26.0 Å². The maximum atomic E-state index is 12.9. The number of carbonyl (C=O) groups excluding carboxylic acids is 4. The fraction of sp³-hybridized carbons (Fsp3) is 0.520. The van der Waals surface area contributed by atoms with Crippen molar-refractivity contribution >= 4 is 35.4 Å². The van der Waals surface area contributed by atoms with Gasteiger partial charge in [0.2, 0.25) is 17.7 Å². The van der Waals surface area contributed by atoms with Crippen LogP contribution < -0.4 is 20.9 Å². The summed E-state index contributed by atoms with van der Waals surface area (Å²) in [5, 5.41) is 28.4. The van der Waals surface area contributed by atoms with Crippen LogP contribution in [-0.2, 0) is 36.9 Å². The number of hydrogen-bond donors (Lipinski definition) is 4. The number of aryl methyl sites for hydroxylation is 1. The van der Waals surface area contributed by atoms with Gasteiger partial charge in [-0.3, -0.25) is 24.0 Å². The Morgan fingerprint density at radius 2 is 1.64 bits per heavy atom. The molecule has 3 amide bonds. The Morgan fingerprint density at radius 1 is 0.974 bits per heavy atom.